The lowest BCUT2D eigenvalue weighted by atomic mass is 10.4. The summed E-state index contributed by atoms with van der Waals surface area (Å²) in [4.78, 5) is 12.6. The summed E-state index contributed by atoms with van der Waals surface area (Å²) in [5.74, 6) is 0.0160. The smallest absolute Gasteiger partial charge is 0.411 e. The standard InChI is InChI=1S/C10H12F3NO3/c1-14(5-8-3-2-4-17-8)9(15)6-16-7-10(11,12)13/h2-4H,5-7H2,1H3. The van der Waals surface area contributed by atoms with E-state index in [0.29, 0.717) is 5.76 Å². The Morgan fingerprint density at radius 2 is 2.24 bits per heavy atom. The van der Waals surface area contributed by atoms with Crippen molar-refractivity contribution in [2.45, 2.75) is 12.7 Å². The number of amides is 1. The molecule has 1 aromatic heterocycles. The lowest BCUT2D eigenvalue weighted by Crippen LogP contribution is -2.31. The lowest BCUT2D eigenvalue weighted by Gasteiger charge is -2.16. The Bertz CT molecular complexity index is 348. The number of halogens is 3. The van der Waals surface area contributed by atoms with Gasteiger partial charge in [-0.15, -0.1) is 0 Å². The van der Waals surface area contributed by atoms with Crippen molar-refractivity contribution in [1.29, 1.82) is 0 Å². The van der Waals surface area contributed by atoms with Crippen molar-refractivity contribution in [3.05, 3.63) is 24.2 Å². The van der Waals surface area contributed by atoms with Crippen LogP contribution in [0, 0.1) is 0 Å². The Kier molecular flexibility index (Phi) is 4.56. The van der Waals surface area contributed by atoms with Crippen molar-refractivity contribution in [2.24, 2.45) is 0 Å². The topological polar surface area (TPSA) is 42.7 Å². The van der Waals surface area contributed by atoms with E-state index in [2.05, 4.69) is 4.74 Å². The summed E-state index contributed by atoms with van der Waals surface area (Å²) in [7, 11) is 1.46. The maximum Gasteiger partial charge on any atom is 0.411 e. The van der Waals surface area contributed by atoms with Crippen LogP contribution in [0.4, 0.5) is 13.2 Å². The second-order valence-electron chi connectivity index (χ2n) is 3.44. The van der Waals surface area contributed by atoms with E-state index < -0.39 is 25.3 Å². The number of carbonyl (C=O) groups is 1. The van der Waals surface area contributed by atoms with Gasteiger partial charge in [0, 0.05) is 7.05 Å². The number of ether oxygens (including phenoxy) is 1. The second kappa shape index (κ2) is 5.72. The van der Waals surface area contributed by atoms with Crippen LogP contribution in [-0.4, -0.2) is 37.2 Å². The van der Waals surface area contributed by atoms with Crippen LogP contribution >= 0.6 is 0 Å². The summed E-state index contributed by atoms with van der Waals surface area (Å²) in [6, 6.07) is 3.33. The molecule has 96 valence electrons. The molecule has 0 saturated heterocycles. The van der Waals surface area contributed by atoms with Gasteiger partial charge < -0.3 is 14.1 Å². The largest absolute Gasteiger partial charge is 0.467 e. The number of hydrogen-bond donors (Lipinski definition) is 0. The Morgan fingerprint density at radius 3 is 2.76 bits per heavy atom. The first kappa shape index (κ1) is 13.6. The number of carbonyl (C=O) groups excluding carboxylic acids is 1. The molecule has 0 fully saturated rings. The Morgan fingerprint density at radius 1 is 1.53 bits per heavy atom. The third-order valence-electron chi connectivity index (χ3n) is 1.89. The molecule has 1 rings (SSSR count). The molecule has 0 aromatic carbocycles. The predicted molar refractivity (Wildman–Crippen MR) is 52.1 cm³/mol. The normalized spacial score (nSPS) is 11.5. The van der Waals surface area contributed by atoms with E-state index in [1.165, 1.54) is 18.2 Å². The first-order valence-electron chi connectivity index (χ1n) is 4.79. The molecule has 4 nitrogen and oxygen atoms in total. The third kappa shape index (κ3) is 5.39. The van der Waals surface area contributed by atoms with Crippen LogP contribution in [0.2, 0.25) is 0 Å². The molecule has 0 aliphatic heterocycles. The fourth-order valence-corrected chi connectivity index (χ4v) is 1.09. The average molecular weight is 251 g/mol. The zero-order valence-electron chi connectivity index (χ0n) is 9.16. The number of likely N-dealkylation sites (N-methyl/N-ethyl adjacent to an activating group) is 1. The minimum Gasteiger partial charge on any atom is -0.467 e. The van der Waals surface area contributed by atoms with E-state index in [0.717, 1.165) is 0 Å². The van der Waals surface area contributed by atoms with Crippen molar-refractivity contribution in [3.63, 3.8) is 0 Å². The van der Waals surface area contributed by atoms with Crippen molar-refractivity contribution < 1.29 is 27.1 Å². The molecular formula is C10H12F3NO3. The number of hydrogen-bond acceptors (Lipinski definition) is 3. The predicted octanol–water partition coefficient (Wildman–Crippen LogP) is 1.82. The van der Waals surface area contributed by atoms with E-state index in [-0.39, 0.29) is 6.54 Å². The molecule has 0 unspecified atom stereocenters. The molecule has 1 heterocycles. The molecule has 0 bridgehead atoms. The third-order valence-corrected chi connectivity index (χ3v) is 1.89. The quantitative estimate of drug-likeness (QED) is 0.801. The Hall–Kier alpha value is -1.50. The molecule has 0 radical (unpaired) electrons. The highest BCUT2D eigenvalue weighted by Crippen LogP contribution is 2.14. The van der Waals surface area contributed by atoms with Gasteiger partial charge in [-0.1, -0.05) is 0 Å². The first-order chi connectivity index (χ1) is 7.88. The van der Waals surface area contributed by atoms with E-state index in [4.69, 9.17) is 4.42 Å². The van der Waals surface area contributed by atoms with Crippen molar-refractivity contribution in [1.82, 2.24) is 4.90 Å². The fraction of sp³-hybridized carbons (Fsp3) is 0.500. The zero-order valence-corrected chi connectivity index (χ0v) is 9.16. The molecule has 1 amide bonds. The van der Waals surface area contributed by atoms with Crippen molar-refractivity contribution >= 4 is 5.91 Å². The average Bonchev–Trinajstić information content (AvgIpc) is 2.68. The van der Waals surface area contributed by atoms with E-state index >= 15 is 0 Å². The van der Waals surface area contributed by atoms with Gasteiger partial charge in [0.2, 0.25) is 5.91 Å². The zero-order chi connectivity index (χ0) is 12.9. The van der Waals surface area contributed by atoms with Crippen molar-refractivity contribution in [3.8, 4) is 0 Å². The molecule has 0 N–H and O–H groups in total. The molecule has 0 aliphatic rings. The second-order valence-corrected chi connectivity index (χ2v) is 3.44. The van der Waals surface area contributed by atoms with Crippen LogP contribution in [-0.2, 0) is 16.1 Å². The van der Waals surface area contributed by atoms with Gasteiger partial charge in [-0.3, -0.25) is 4.79 Å². The molecule has 0 atom stereocenters. The number of rotatable bonds is 5. The van der Waals surface area contributed by atoms with E-state index in [1.807, 2.05) is 0 Å². The van der Waals surface area contributed by atoms with Gasteiger partial charge in [-0.2, -0.15) is 13.2 Å². The minimum atomic E-state index is -4.42. The number of nitrogens with zero attached hydrogens (tertiary/aromatic N) is 1. The van der Waals surface area contributed by atoms with Gasteiger partial charge in [-0.25, -0.2) is 0 Å². The Labute approximate surface area is 95.9 Å². The molecule has 0 aliphatic carbocycles. The molecular weight excluding hydrogens is 239 g/mol. The van der Waals surface area contributed by atoms with Gasteiger partial charge in [0.15, 0.2) is 0 Å². The monoisotopic (exact) mass is 251 g/mol. The maximum absolute atomic E-state index is 11.7. The van der Waals surface area contributed by atoms with Crippen LogP contribution in [0.5, 0.6) is 0 Å². The van der Waals surface area contributed by atoms with Gasteiger partial charge in [0.05, 0.1) is 12.8 Å². The lowest BCUT2D eigenvalue weighted by molar-refractivity contribution is -0.177. The molecule has 0 saturated carbocycles. The number of alkyl halides is 3. The summed E-state index contributed by atoms with van der Waals surface area (Å²) < 4.78 is 44.5. The maximum atomic E-state index is 11.7. The van der Waals surface area contributed by atoms with Gasteiger partial charge in [0.25, 0.3) is 0 Å². The molecule has 17 heavy (non-hydrogen) atoms. The van der Waals surface area contributed by atoms with Gasteiger partial charge in [-0.05, 0) is 12.1 Å². The van der Waals surface area contributed by atoms with Crippen LogP contribution in [0.3, 0.4) is 0 Å². The van der Waals surface area contributed by atoms with Gasteiger partial charge in [0.1, 0.15) is 19.0 Å². The highest BCUT2D eigenvalue weighted by atomic mass is 19.4. The highest BCUT2D eigenvalue weighted by molar-refractivity contribution is 5.77. The summed E-state index contributed by atoms with van der Waals surface area (Å²) >= 11 is 0. The van der Waals surface area contributed by atoms with E-state index in [1.54, 1.807) is 12.1 Å². The molecule has 0 spiro atoms. The Balaban J connectivity index is 2.28. The van der Waals surface area contributed by atoms with Gasteiger partial charge >= 0.3 is 6.18 Å². The minimum absolute atomic E-state index is 0.196. The summed E-state index contributed by atoms with van der Waals surface area (Å²) in [5.41, 5.74) is 0. The van der Waals surface area contributed by atoms with E-state index in [9.17, 15) is 18.0 Å². The molecule has 7 heteroatoms. The first-order valence-corrected chi connectivity index (χ1v) is 4.79. The number of furan rings is 1. The SMILES string of the molecule is CN(Cc1ccco1)C(=O)COCC(F)(F)F. The highest BCUT2D eigenvalue weighted by Gasteiger charge is 2.28. The summed E-state index contributed by atoms with van der Waals surface area (Å²) in [6.45, 7) is -1.83. The summed E-state index contributed by atoms with van der Waals surface area (Å²) in [5, 5.41) is 0. The fourth-order valence-electron chi connectivity index (χ4n) is 1.09. The summed E-state index contributed by atoms with van der Waals surface area (Å²) in [6.07, 6.45) is -2.96. The molecule has 1 aromatic rings. The van der Waals surface area contributed by atoms with Crippen LogP contribution in [0.15, 0.2) is 22.8 Å². The van der Waals surface area contributed by atoms with Crippen LogP contribution < -0.4 is 0 Å². The van der Waals surface area contributed by atoms with Crippen LogP contribution in [0.25, 0.3) is 0 Å². The van der Waals surface area contributed by atoms with Crippen molar-refractivity contribution in [2.75, 3.05) is 20.3 Å². The van der Waals surface area contributed by atoms with Crippen LogP contribution in [0.1, 0.15) is 5.76 Å².